The highest BCUT2D eigenvalue weighted by Gasteiger charge is 1.96. The van der Waals surface area contributed by atoms with Gasteiger partial charge >= 0.3 is 0 Å². The van der Waals surface area contributed by atoms with Crippen LogP contribution in [0.3, 0.4) is 0 Å². The second-order valence-corrected chi connectivity index (χ2v) is 3.40. The molecule has 0 unspecified atom stereocenters. The zero-order valence-electron chi connectivity index (χ0n) is 8.26. The van der Waals surface area contributed by atoms with E-state index in [1.807, 2.05) is 42.6 Å². The average Bonchev–Trinajstić information content (AvgIpc) is 2.31. The zero-order valence-corrected chi connectivity index (χ0v) is 8.26. The first kappa shape index (κ1) is 9.59. The van der Waals surface area contributed by atoms with Crippen LogP contribution in [-0.4, -0.2) is 11.3 Å². The Balaban J connectivity index is 2.15. The van der Waals surface area contributed by atoms with Crippen LogP contribution in [0.1, 0.15) is 21.5 Å². The highest BCUT2D eigenvalue weighted by molar-refractivity contribution is 5.74. The molecule has 0 spiro atoms. The molecule has 0 bridgehead atoms. The third-order valence-corrected chi connectivity index (χ3v) is 2.25. The molecule has 74 valence electrons. The minimum absolute atomic E-state index is 0.713. The third-order valence-electron chi connectivity index (χ3n) is 2.25. The van der Waals surface area contributed by atoms with Crippen molar-refractivity contribution in [3.63, 3.8) is 0 Å². The Labute approximate surface area is 88.6 Å². The van der Waals surface area contributed by atoms with Crippen molar-refractivity contribution in [3.05, 3.63) is 65.5 Å². The lowest BCUT2D eigenvalue weighted by molar-refractivity contribution is 0.112. The molecular weight excluding hydrogens is 186 g/mol. The SMILES string of the molecule is O=Cc1ccc(Cc2cccnc2)cc1. The summed E-state index contributed by atoms with van der Waals surface area (Å²) in [5, 5.41) is 0. The number of carbonyl (C=O) groups is 1. The summed E-state index contributed by atoms with van der Waals surface area (Å²) in [4.78, 5) is 14.5. The quantitative estimate of drug-likeness (QED) is 0.707. The highest BCUT2D eigenvalue weighted by Crippen LogP contribution is 2.08. The van der Waals surface area contributed by atoms with Crippen LogP contribution in [0.2, 0.25) is 0 Å². The van der Waals surface area contributed by atoms with Crippen molar-refractivity contribution in [1.29, 1.82) is 0 Å². The van der Waals surface area contributed by atoms with Crippen LogP contribution < -0.4 is 0 Å². The number of rotatable bonds is 3. The number of carbonyl (C=O) groups excluding carboxylic acids is 1. The highest BCUT2D eigenvalue weighted by atomic mass is 16.1. The fourth-order valence-electron chi connectivity index (χ4n) is 1.45. The molecule has 0 radical (unpaired) electrons. The summed E-state index contributed by atoms with van der Waals surface area (Å²) < 4.78 is 0. The smallest absolute Gasteiger partial charge is 0.150 e. The van der Waals surface area contributed by atoms with Crippen LogP contribution in [0, 0.1) is 0 Å². The molecule has 0 aliphatic rings. The van der Waals surface area contributed by atoms with Crippen molar-refractivity contribution >= 4 is 6.29 Å². The molecule has 0 amide bonds. The van der Waals surface area contributed by atoms with Crippen LogP contribution in [0.4, 0.5) is 0 Å². The summed E-state index contributed by atoms with van der Waals surface area (Å²) >= 11 is 0. The Morgan fingerprint density at radius 3 is 2.47 bits per heavy atom. The monoisotopic (exact) mass is 197 g/mol. The molecule has 2 heteroatoms. The minimum Gasteiger partial charge on any atom is -0.298 e. The predicted molar refractivity (Wildman–Crippen MR) is 58.9 cm³/mol. The van der Waals surface area contributed by atoms with E-state index in [-0.39, 0.29) is 0 Å². The van der Waals surface area contributed by atoms with Crippen molar-refractivity contribution in [2.24, 2.45) is 0 Å². The molecule has 0 N–H and O–H groups in total. The first-order valence-corrected chi connectivity index (χ1v) is 4.81. The number of benzene rings is 1. The van der Waals surface area contributed by atoms with Gasteiger partial charge in [-0.2, -0.15) is 0 Å². The Bertz CT molecular complexity index is 434. The molecule has 1 aromatic carbocycles. The van der Waals surface area contributed by atoms with Crippen LogP contribution in [0.5, 0.6) is 0 Å². The van der Waals surface area contributed by atoms with Gasteiger partial charge < -0.3 is 0 Å². The third kappa shape index (κ3) is 2.50. The van der Waals surface area contributed by atoms with Crippen molar-refractivity contribution < 1.29 is 4.79 Å². The maximum absolute atomic E-state index is 10.5. The van der Waals surface area contributed by atoms with E-state index < -0.39 is 0 Å². The zero-order chi connectivity index (χ0) is 10.5. The van der Waals surface area contributed by atoms with E-state index >= 15 is 0 Å². The lowest BCUT2D eigenvalue weighted by Crippen LogP contribution is -1.89. The molecule has 0 aliphatic heterocycles. The lowest BCUT2D eigenvalue weighted by atomic mass is 10.1. The normalized spacial score (nSPS) is 9.87. The number of nitrogens with zero attached hydrogens (tertiary/aromatic N) is 1. The van der Waals surface area contributed by atoms with E-state index in [0.29, 0.717) is 5.56 Å². The van der Waals surface area contributed by atoms with Gasteiger partial charge in [-0.05, 0) is 23.6 Å². The van der Waals surface area contributed by atoms with Gasteiger partial charge in [0.2, 0.25) is 0 Å². The topological polar surface area (TPSA) is 30.0 Å². The van der Waals surface area contributed by atoms with E-state index in [2.05, 4.69) is 4.98 Å². The number of aromatic nitrogens is 1. The predicted octanol–water partition coefficient (Wildman–Crippen LogP) is 2.48. The Morgan fingerprint density at radius 1 is 1.07 bits per heavy atom. The van der Waals surface area contributed by atoms with Gasteiger partial charge in [0.1, 0.15) is 6.29 Å². The van der Waals surface area contributed by atoms with E-state index in [0.717, 1.165) is 12.7 Å². The van der Waals surface area contributed by atoms with Crippen LogP contribution >= 0.6 is 0 Å². The number of pyridine rings is 1. The number of aldehydes is 1. The fourth-order valence-corrected chi connectivity index (χ4v) is 1.45. The molecule has 1 heterocycles. The van der Waals surface area contributed by atoms with Gasteiger partial charge in [-0.25, -0.2) is 0 Å². The van der Waals surface area contributed by atoms with Gasteiger partial charge in [0, 0.05) is 18.0 Å². The Hall–Kier alpha value is -1.96. The van der Waals surface area contributed by atoms with Crippen molar-refractivity contribution in [1.82, 2.24) is 4.98 Å². The summed E-state index contributed by atoms with van der Waals surface area (Å²) in [6, 6.07) is 11.6. The first-order chi connectivity index (χ1) is 7.38. The maximum atomic E-state index is 10.5. The summed E-state index contributed by atoms with van der Waals surface area (Å²) in [6.07, 6.45) is 5.33. The number of hydrogen-bond donors (Lipinski definition) is 0. The molecular formula is C13H11NO. The molecule has 2 rings (SSSR count). The van der Waals surface area contributed by atoms with Crippen LogP contribution in [0.25, 0.3) is 0 Å². The standard InChI is InChI=1S/C13H11NO/c15-10-12-5-3-11(4-6-12)8-13-2-1-7-14-9-13/h1-7,9-10H,8H2. The number of hydrogen-bond acceptors (Lipinski definition) is 2. The second kappa shape index (κ2) is 4.51. The Morgan fingerprint density at radius 2 is 1.87 bits per heavy atom. The van der Waals surface area contributed by atoms with E-state index in [1.54, 1.807) is 6.20 Å². The van der Waals surface area contributed by atoms with E-state index in [4.69, 9.17) is 0 Å². The molecule has 2 nitrogen and oxygen atoms in total. The molecule has 1 aromatic heterocycles. The Kier molecular flexibility index (Phi) is 2.88. The lowest BCUT2D eigenvalue weighted by Gasteiger charge is -2.00. The van der Waals surface area contributed by atoms with Crippen molar-refractivity contribution in [3.8, 4) is 0 Å². The van der Waals surface area contributed by atoms with Gasteiger partial charge in [-0.3, -0.25) is 9.78 Å². The second-order valence-electron chi connectivity index (χ2n) is 3.40. The van der Waals surface area contributed by atoms with Gasteiger partial charge in [-0.1, -0.05) is 30.3 Å². The van der Waals surface area contributed by atoms with Gasteiger partial charge in [-0.15, -0.1) is 0 Å². The fraction of sp³-hybridized carbons (Fsp3) is 0.0769. The van der Waals surface area contributed by atoms with Crippen LogP contribution in [0.15, 0.2) is 48.8 Å². The summed E-state index contributed by atoms with van der Waals surface area (Å²) in [5.41, 5.74) is 3.08. The molecule has 0 saturated heterocycles. The molecule has 0 saturated carbocycles. The van der Waals surface area contributed by atoms with Crippen molar-refractivity contribution in [2.75, 3.05) is 0 Å². The summed E-state index contributed by atoms with van der Waals surface area (Å²) in [7, 11) is 0. The average molecular weight is 197 g/mol. The largest absolute Gasteiger partial charge is 0.298 e. The van der Waals surface area contributed by atoms with Crippen molar-refractivity contribution in [2.45, 2.75) is 6.42 Å². The van der Waals surface area contributed by atoms with Gasteiger partial charge in [0.15, 0.2) is 0 Å². The van der Waals surface area contributed by atoms with E-state index in [1.165, 1.54) is 11.1 Å². The molecule has 0 fully saturated rings. The first-order valence-electron chi connectivity index (χ1n) is 4.81. The maximum Gasteiger partial charge on any atom is 0.150 e. The van der Waals surface area contributed by atoms with Gasteiger partial charge in [0.05, 0.1) is 0 Å². The summed E-state index contributed by atoms with van der Waals surface area (Å²) in [6.45, 7) is 0. The molecule has 0 atom stereocenters. The van der Waals surface area contributed by atoms with Gasteiger partial charge in [0.25, 0.3) is 0 Å². The molecule has 0 aliphatic carbocycles. The van der Waals surface area contributed by atoms with Crippen LogP contribution in [-0.2, 0) is 6.42 Å². The molecule has 15 heavy (non-hydrogen) atoms. The van der Waals surface area contributed by atoms with E-state index in [9.17, 15) is 4.79 Å². The summed E-state index contributed by atoms with van der Waals surface area (Å²) in [5.74, 6) is 0. The molecule has 2 aromatic rings. The minimum atomic E-state index is 0.713.